The van der Waals surface area contributed by atoms with Gasteiger partial charge in [0.05, 0.1) is 15.0 Å². The van der Waals surface area contributed by atoms with Crippen molar-refractivity contribution < 1.29 is 14.5 Å². The maximum Gasteiger partial charge on any atom is 0.343 e. The molecule has 0 bridgehead atoms. The van der Waals surface area contributed by atoms with Crippen molar-refractivity contribution in [1.29, 1.82) is 0 Å². The summed E-state index contributed by atoms with van der Waals surface area (Å²) < 4.78 is 6.07. The molecule has 0 radical (unpaired) electrons. The highest BCUT2D eigenvalue weighted by Crippen LogP contribution is 2.31. The quantitative estimate of drug-likeness (QED) is 0.244. The van der Waals surface area contributed by atoms with Crippen LogP contribution in [0, 0.1) is 17.0 Å². The Morgan fingerprint density at radius 3 is 2.35 bits per heavy atom. The summed E-state index contributed by atoms with van der Waals surface area (Å²) in [7, 11) is 0. The second-order valence-corrected chi connectivity index (χ2v) is 6.51. The molecule has 0 aliphatic heterocycles. The number of benzene rings is 3. The largest absolute Gasteiger partial charge is 0.422 e. The Balaban J connectivity index is 1.82. The minimum atomic E-state index is -0.573. The molecule has 130 valence electrons. The zero-order chi connectivity index (χ0) is 18.7. The van der Waals surface area contributed by atoms with Crippen LogP contribution in [0.1, 0.15) is 15.9 Å². The Morgan fingerprint density at radius 1 is 1.00 bits per heavy atom. The molecule has 26 heavy (non-hydrogen) atoms. The number of carbonyl (C=O) groups excluding carboxylic acids is 1. The monoisotopic (exact) mass is 411 g/mol. The summed E-state index contributed by atoms with van der Waals surface area (Å²) in [4.78, 5) is 22.7. The predicted octanol–water partition coefficient (Wildman–Crippen LogP) is 5.55. The van der Waals surface area contributed by atoms with Gasteiger partial charge in [-0.25, -0.2) is 4.79 Å². The van der Waals surface area contributed by atoms with E-state index in [0.29, 0.717) is 15.8 Å². The van der Waals surface area contributed by atoms with Crippen molar-refractivity contribution in [2.45, 2.75) is 6.92 Å². The fraction of sp³-hybridized carbons (Fsp3) is 0.0500. The SMILES string of the molecule is Cc1cc(C(=O)Oc2ccc(-c3ccccc3)cc2Br)ccc1[N+](=O)[O-]. The molecule has 5 nitrogen and oxygen atoms in total. The van der Waals surface area contributed by atoms with Gasteiger partial charge in [-0.05, 0) is 58.2 Å². The van der Waals surface area contributed by atoms with E-state index in [4.69, 9.17) is 4.74 Å². The van der Waals surface area contributed by atoms with E-state index >= 15 is 0 Å². The number of aryl methyl sites for hydroxylation is 1. The van der Waals surface area contributed by atoms with Crippen molar-refractivity contribution in [1.82, 2.24) is 0 Å². The normalized spacial score (nSPS) is 10.4. The topological polar surface area (TPSA) is 69.4 Å². The number of nitro benzene ring substituents is 1. The third-order valence-corrected chi connectivity index (χ3v) is 4.49. The summed E-state index contributed by atoms with van der Waals surface area (Å²) in [6.45, 7) is 1.58. The van der Waals surface area contributed by atoms with Crippen molar-refractivity contribution in [2.24, 2.45) is 0 Å². The molecule has 0 saturated carbocycles. The van der Waals surface area contributed by atoms with Crippen molar-refractivity contribution >= 4 is 27.6 Å². The molecular weight excluding hydrogens is 398 g/mol. The van der Waals surface area contributed by atoms with E-state index in [9.17, 15) is 14.9 Å². The molecule has 3 aromatic carbocycles. The lowest BCUT2D eigenvalue weighted by molar-refractivity contribution is -0.385. The minimum absolute atomic E-state index is 0.0325. The number of hydrogen-bond acceptors (Lipinski definition) is 4. The summed E-state index contributed by atoms with van der Waals surface area (Å²) in [5, 5.41) is 10.9. The van der Waals surface area contributed by atoms with Crippen LogP contribution in [0.3, 0.4) is 0 Å². The van der Waals surface area contributed by atoms with Crippen LogP contribution in [-0.2, 0) is 0 Å². The Hall–Kier alpha value is -2.99. The Labute approximate surface area is 158 Å². The first-order valence-electron chi connectivity index (χ1n) is 7.78. The number of nitro groups is 1. The smallest absolute Gasteiger partial charge is 0.343 e. The first-order valence-corrected chi connectivity index (χ1v) is 8.57. The van der Waals surface area contributed by atoms with Crippen molar-refractivity contribution in [3.8, 4) is 16.9 Å². The third-order valence-electron chi connectivity index (χ3n) is 3.87. The Kier molecular flexibility index (Phi) is 5.14. The summed E-state index contributed by atoms with van der Waals surface area (Å²) in [5.74, 6) is -0.193. The van der Waals surface area contributed by atoms with Crippen LogP contribution >= 0.6 is 15.9 Å². The van der Waals surface area contributed by atoms with Gasteiger partial charge in [0, 0.05) is 11.6 Å². The van der Waals surface area contributed by atoms with Gasteiger partial charge < -0.3 is 4.74 Å². The molecule has 6 heteroatoms. The van der Waals surface area contributed by atoms with Crippen LogP contribution < -0.4 is 4.74 Å². The predicted molar refractivity (Wildman–Crippen MR) is 102 cm³/mol. The highest BCUT2D eigenvalue weighted by Gasteiger charge is 2.16. The second kappa shape index (κ2) is 7.49. The molecule has 0 fully saturated rings. The number of rotatable bonds is 4. The minimum Gasteiger partial charge on any atom is -0.422 e. The van der Waals surface area contributed by atoms with Crippen LogP contribution in [0.4, 0.5) is 5.69 Å². The molecule has 3 aromatic rings. The molecule has 0 spiro atoms. The summed E-state index contributed by atoms with van der Waals surface area (Å²) in [6, 6.07) is 19.4. The number of hydrogen-bond donors (Lipinski definition) is 0. The van der Waals surface area contributed by atoms with E-state index in [0.717, 1.165) is 11.1 Å². The molecule has 0 N–H and O–H groups in total. The van der Waals surface area contributed by atoms with Gasteiger partial charge in [-0.2, -0.15) is 0 Å². The van der Waals surface area contributed by atoms with Gasteiger partial charge in [0.25, 0.3) is 5.69 Å². The zero-order valence-corrected chi connectivity index (χ0v) is 15.4. The van der Waals surface area contributed by atoms with E-state index in [-0.39, 0.29) is 11.3 Å². The van der Waals surface area contributed by atoms with E-state index < -0.39 is 10.9 Å². The number of halogens is 1. The van der Waals surface area contributed by atoms with Gasteiger partial charge in [-0.1, -0.05) is 36.4 Å². The van der Waals surface area contributed by atoms with Crippen LogP contribution in [0.5, 0.6) is 5.75 Å². The number of carbonyl (C=O) groups is 1. The van der Waals surface area contributed by atoms with Crippen LogP contribution in [-0.4, -0.2) is 10.9 Å². The number of nitrogens with zero attached hydrogens (tertiary/aromatic N) is 1. The van der Waals surface area contributed by atoms with E-state index in [1.807, 2.05) is 42.5 Å². The van der Waals surface area contributed by atoms with Gasteiger partial charge in [0.15, 0.2) is 0 Å². The van der Waals surface area contributed by atoms with Gasteiger partial charge in [-0.15, -0.1) is 0 Å². The molecule has 0 amide bonds. The van der Waals surface area contributed by atoms with Crippen LogP contribution in [0.15, 0.2) is 71.2 Å². The number of esters is 1. The fourth-order valence-corrected chi connectivity index (χ4v) is 3.00. The maximum atomic E-state index is 12.3. The van der Waals surface area contributed by atoms with Crippen molar-refractivity contribution in [3.63, 3.8) is 0 Å². The molecule has 0 heterocycles. The lowest BCUT2D eigenvalue weighted by atomic mass is 10.1. The second-order valence-electron chi connectivity index (χ2n) is 5.66. The average Bonchev–Trinajstić information content (AvgIpc) is 2.63. The molecule has 0 aromatic heterocycles. The summed E-state index contributed by atoms with van der Waals surface area (Å²) in [5.41, 5.74) is 2.67. The average molecular weight is 412 g/mol. The summed E-state index contributed by atoms with van der Waals surface area (Å²) in [6.07, 6.45) is 0. The molecule has 0 aliphatic rings. The van der Waals surface area contributed by atoms with Gasteiger partial charge in [0.2, 0.25) is 0 Å². The molecule has 3 rings (SSSR count). The highest BCUT2D eigenvalue weighted by molar-refractivity contribution is 9.10. The maximum absolute atomic E-state index is 12.3. The van der Waals surface area contributed by atoms with Crippen molar-refractivity contribution in [3.05, 3.63) is 92.4 Å². The standard InChI is InChI=1S/C20H14BrNO4/c1-13-11-16(7-9-18(13)22(24)25)20(23)26-19-10-8-15(12-17(19)21)14-5-3-2-4-6-14/h2-12H,1H3. The zero-order valence-electron chi connectivity index (χ0n) is 13.8. The summed E-state index contributed by atoms with van der Waals surface area (Å²) >= 11 is 3.42. The van der Waals surface area contributed by atoms with Gasteiger partial charge in [0.1, 0.15) is 5.75 Å². The lowest BCUT2D eigenvalue weighted by Crippen LogP contribution is -2.09. The molecule has 0 aliphatic carbocycles. The van der Waals surface area contributed by atoms with E-state index in [1.165, 1.54) is 18.2 Å². The molecular formula is C20H14BrNO4. The first-order chi connectivity index (χ1) is 12.5. The molecule has 0 unspecified atom stereocenters. The fourth-order valence-electron chi connectivity index (χ4n) is 2.54. The van der Waals surface area contributed by atoms with Crippen LogP contribution in [0.25, 0.3) is 11.1 Å². The van der Waals surface area contributed by atoms with E-state index in [2.05, 4.69) is 15.9 Å². The van der Waals surface area contributed by atoms with Gasteiger partial charge >= 0.3 is 5.97 Å². The Bertz CT molecular complexity index is 986. The third kappa shape index (κ3) is 3.81. The van der Waals surface area contributed by atoms with Gasteiger partial charge in [-0.3, -0.25) is 10.1 Å². The Morgan fingerprint density at radius 2 is 1.73 bits per heavy atom. The number of ether oxygens (including phenoxy) is 1. The van der Waals surface area contributed by atoms with E-state index in [1.54, 1.807) is 13.0 Å². The molecule has 0 saturated heterocycles. The lowest BCUT2D eigenvalue weighted by Gasteiger charge is -2.09. The van der Waals surface area contributed by atoms with Crippen LogP contribution in [0.2, 0.25) is 0 Å². The highest BCUT2D eigenvalue weighted by atomic mass is 79.9. The first kappa shape index (κ1) is 17.8. The van der Waals surface area contributed by atoms with Crippen molar-refractivity contribution in [2.75, 3.05) is 0 Å². The molecule has 0 atom stereocenters.